The zero-order chi connectivity index (χ0) is 68.3. The summed E-state index contributed by atoms with van der Waals surface area (Å²) in [6, 6.07) is 96.1. The molecule has 494 valence electrons. The first kappa shape index (κ1) is 66.2. The normalized spacial score (nSPS) is 15.0. The molecule has 14 rings (SSSR count). The lowest BCUT2D eigenvalue weighted by molar-refractivity contribution is -0.165. The number of β-lactam (4-membered cyclic amide) rings is 1. The third-order valence-corrected chi connectivity index (χ3v) is 22.7. The highest BCUT2D eigenvalue weighted by atomic mass is 32.2. The fourth-order valence-corrected chi connectivity index (χ4v) is 18.5. The second kappa shape index (κ2) is 29.9. The van der Waals surface area contributed by atoms with Crippen molar-refractivity contribution in [1.29, 1.82) is 0 Å². The van der Waals surface area contributed by atoms with Gasteiger partial charge in [-0.05, 0) is 44.5 Å². The number of hydrogen-bond acceptors (Lipinski definition) is 16. The monoisotopic (exact) mass is 1390 g/mol. The fourth-order valence-electron chi connectivity index (χ4n) is 13.1. The molecule has 3 N–H and O–H groups in total. The zero-order valence-corrected chi connectivity index (χ0v) is 57.0. The summed E-state index contributed by atoms with van der Waals surface area (Å²) >= 11 is 5.58. The highest BCUT2D eigenvalue weighted by Crippen LogP contribution is 2.57. The predicted molar refractivity (Wildman–Crippen MR) is 394 cm³/mol. The van der Waals surface area contributed by atoms with Crippen LogP contribution in [0.2, 0.25) is 0 Å². The first-order valence-corrected chi connectivity index (χ1v) is 35.9. The van der Waals surface area contributed by atoms with Gasteiger partial charge in [0.05, 0.1) is 23.3 Å². The predicted octanol–water partition coefficient (Wildman–Crippen LogP) is 15.3. The summed E-state index contributed by atoms with van der Waals surface area (Å²) in [5.41, 5.74) is 3.44. The largest absolute Gasteiger partial charge is 0.465 e. The molecule has 10 aromatic carbocycles. The van der Waals surface area contributed by atoms with Crippen LogP contribution in [0.4, 0.5) is 5.13 Å². The third kappa shape index (κ3) is 12.9. The van der Waals surface area contributed by atoms with E-state index in [0.29, 0.717) is 37.3 Å². The average molecular weight is 1390 g/mol. The van der Waals surface area contributed by atoms with Crippen molar-refractivity contribution in [1.82, 2.24) is 30.6 Å². The molecule has 4 heterocycles. The van der Waals surface area contributed by atoms with Crippen LogP contribution in [0.15, 0.2) is 336 Å². The summed E-state index contributed by atoms with van der Waals surface area (Å²) < 4.78 is 11.8. The molecule has 2 unspecified atom stereocenters. The van der Waals surface area contributed by atoms with Crippen molar-refractivity contribution in [2.45, 2.75) is 43.7 Å². The van der Waals surface area contributed by atoms with Crippen molar-refractivity contribution < 1.29 is 33.5 Å². The quantitative estimate of drug-likeness (QED) is 0.00932. The number of thioether (sulfide) groups is 3. The standard InChI is InChI=1S/C81H64N8O7S4/c1-94-76(93)81(63-48-28-10-29-49-63,64-50-30-11-31-51-64)96-87-68(65-53-98-78(83-65)85-80(60-42-22-7-23-43-60,61-44-24-8-25-45-61)62-46-26-9-27-47-62)72(90)84-69-73(91)89-70(75(92)95-71(55-32-12-2-13-33-55)56-34-14-3-15-35-56)66(54-97-74(69)89)99-77(100-67-52-82-88-86-67)79(57-36-16-4-17-37-57,58-38-18-5-19-39-58)59-40-20-6-21-41-59/h2-53,69,71,74,77H,54H2,1H3,(H,83,85)(H,84,90)(H,82,86,88)/t69?,74-,77?/m0/s1. The Labute approximate surface area is 595 Å². The minimum atomic E-state index is -2.07. The van der Waals surface area contributed by atoms with E-state index in [1.54, 1.807) is 60.1 Å². The number of amides is 2. The minimum Gasteiger partial charge on any atom is -0.465 e. The summed E-state index contributed by atoms with van der Waals surface area (Å²) in [6.07, 6.45) is 0.776. The van der Waals surface area contributed by atoms with Gasteiger partial charge in [-0.3, -0.25) is 19.6 Å². The van der Waals surface area contributed by atoms with Crippen molar-refractivity contribution in [2.75, 3.05) is 18.2 Å². The number of rotatable bonds is 25. The smallest absolute Gasteiger partial charge is 0.362 e. The van der Waals surface area contributed by atoms with Crippen LogP contribution in [0, 0.1) is 0 Å². The van der Waals surface area contributed by atoms with Gasteiger partial charge >= 0.3 is 11.9 Å². The Kier molecular flexibility index (Phi) is 19.8. The highest BCUT2D eigenvalue weighted by Gasteiger charge is 2.57. The number of methoxy groups -OCH3 is 1. The molecule has 0 aliphatic carbocycles. The molecule has 15 nitrogen and oxygen atoms in total. The number of esters is 2. The molecule has 1 saturated heterocycles. The molecule has 2 aromatic heterocycles. The van der Waals surface area contributed by atoms with Gasteiger partial charge in [-0.1, -0.05) is 325 Å². The highest BCUT2D eigenvalue weighted by molar-refractivity contribution is 8.19. The molecule has 0 bridgehead atoms. The van der Waals surface area contributed by atoms with E-state index in [4.69, 9.17) is 24.5 Å². The van der Waals surface area contributed by atoms with E-state index in [-0.39, 0.29) is 22.9 Å². The Balaban J connectivity index is 0.889. The summed E-state index contributed by atoms with van der Waals surface area (Å²) in [6.45, 7) is 0. The number of anilines is 1. The van der Waals surface area contributed by atoms with Crippen LogP contribution in [-0.4, -0.2) is 83.6 Å². The lowest BCUT2D eigenvalue weighted by Crippen LogP contribution is -2.71. The maximum absolute atomic E-state index is 16.0. The van der Waals surface area contributed by atoms with Gasteiger partial charge in [0, 0.05) is 27.2 Å². The van der Waals surface area contributed by atoms with Crippen LogP contribution >= 0.6 is 46.6 Å². The number of aromatic amines is 1. The van der Waals surface area contributed by atoms with Crippen LogP contribution in [0.3, 0.4) is 0 Å². The molecule has 12 aromatic rings. The summed E-state index contributed by atoms with van der Waals surface area (Å²) in [5.74, 6) is -2.84. The van der Waals surface area contributed by atoms with Crippen LogP contribution in [0.25, 0.3) is 0 Å². The van der Waals surface area contributed by atoms with E-state index in [1.165, 1.54) is 58.6 Å². The topological polar surface area (TPSA) is 190 Å². The van der Waals surface area contributed by atoms with Crippen LogP contribution in [0.1, 0.15) is 67.4 Å². The first-order valence-electron chi connectivity index (χ1n) is 32.2. The SMILES string of the molecule is COC(=O)C(ON=C(C(=O)NC1C(=O)N2C(C(=O)OC(c3ccccc3)c3ccccc3)=C(SC(Sc3cnn[nH]3)C(c3ccccc3)(c3ccccc3)c3ccccc3)CS[C@@H]12)c1csc(NC(c2ccccc2)(c2ccccc2)c2ccccc2)n1)(c1ccccc1)c1ccccc1. The van der Waals surface area contributed by atoms with Gasteiger partial charge < -0.3 is 24.9 Å². The number of carbonyl (C=O) groups excluding carboxylic acids is 4. The molecule has 0 saturated carbocycles. The number of fused-ring (bicyclic) bond motifs is 1. The average Bonchev–Trinajstić information content (AvgIpc) is 0.812. The fraction of sp³-hybridized carbons (Fsp3) is 0.111. The van der Waals surface area contributed by atoms with Crippen LogP contribution in [-0.2, 0) is 50.0 Å². The Hall–Kier alpha value is -11.1. The van der Waals surface area contributed by atoms with Crippen molar-refractivity contribution >= 4 is 81.2 Å². The molecular weight excluding hydrogens is 1330 g/mol. The Morgan fingerprint density at radius 3 is 1.44 bits per heavy atom. The van der Waals surface area contributed by atoms with Crippen LogP contribution < -0.4 is 10.6 Å². The lowest BCUT2D eigenvalue weighted by atomic mass is 9.70. The number of thiazole rings is 1. The van der Waals surface area contributed by atoms with Gasteiger partial charge in [0.1, 0.15) is 33.4 Å². The van der Waals surface area contributed by atoms with Gasteiger partial charge in [-0.25, -0.2) is 14.6 Å². The van der Waals surface area contributed by atoms with Gasteiger partial charge in [0.25, 0.3) is 17.4 Å². The maximum atomic E-state index is 16.0. The van der Waals surface area contributed by atoms with Crippen molar-refractivity contribution in [3.05, 3.63) is 387 Å². The van der Waals surface area contributed by atoms with Gasteiger partial charge in [-0.2, -0.15) is 0 Å². The number of carbonyl (C=O) groups is 4. The zero-order valence-electron chi connectivity index (χ0n) is 53.8. The number of benzene rings is 10. The van der Waals surface area contributed by atoms with Gasteiger partial charge in [-0.15, -0.1) is 40.0 Å². The van der Waals surface area contributed by atoms with Gasteiger partial charge in [0.2, 0.25) is 0 Å². The van der Waals surface area contributed by atoms with E-state index >= 15 is 14.4 Å². The summed E-state index contributed by atoms with van der Waals surface area (Å²) in [4.78, 5) is 76.3. The molecular formula is C81H64N8O7S4. The van der Waals surface area contributed by atoms with E-state index in [2.05, 4.69) is 62.4 Å². The second-order valence-electron chi connectivity index (χ2n) is 23.5. The van der Waals surface area contributed by atoms with E-state index in [1.807, 2.05) is 218 Å². The molecule has 2 aliphatic rings. The minimum absolute atomic E-state index is 0.0253. The number of H-pyrrole nitrogens is 1. The number of hydrogen-bond donors (Lipinski definition) is 3. The number of nitrogens with zero attached hydrogens (tertiary/aromatic N) is 5. The number of aromatic nitrogens is 4. The van der Waals surface area contributed by atoms with Crippen molar-refractivity contribution in [3.8, 4) is 0 Å². The molecule has 2 aliphatic heterocycles. The van der Waals surface area contributed by atoms with E-state index < -0.39 is 62.4 Å². The van der Waals surface area contributed by atoms with Gasteiger partial charge in [0.15, 0.2) is 16.9 Å². The summed E-state index contributed by atoms with van der Waals surface area (Å²) in [5, 5.41) is 24.9. The second-order valence-corrected chi connectivity index (χ2v) is 28.1. The molecule has 3 atom stereocenters. The Morgan fingerprint density at radius 1 is 0.580 bits per heavy atom. The first-order chi connectivity index (χ1) is 49.2. The molecule has 1 fully saturated rings. The van der Waals surface area contributed by atoms with Crippen LogP contribution in [0.5, 0.6) is 0 Å². The molecule has 19 heteroatoms. The lowest BCUT2D eigenvalue weighted by Gasteiger charge is -2.50. The Bertz CT molecular complexity index is 4550. The Morgan fingerprint density at radius 2 is 1.01 bits per heavy atom. The van der Waals surface area contributed by atoms with Crippen molar-refractivity contribution in [3.63, 3.8) is 0 Å². The molecule has 2 amide bonds. The van der Waals surface area contributed by atoms with E-state index in [9.17, 15) is 4.79 Å². The molecule has 0 radical (unpaired) electrons. The number of ether oxygens (including phenoxy) is 2. The molecule has 0 spiro atoms. The van der Waals surface area contributed by atoms with E-state index in [0.717, 1.165) is 33.4 Å². The maximum Gasteiger partial charge on any atom is 0.362 e. The molecule has 100 heavy (non-hydrogen) atoms. The number of oxime groups is 1. The van der Waals surface area contributed by atoms with Crippen molar-refractivity contribution in [2.24, 2.45) is 5.16 Å². The third-order valence-electron chi connectivity index (χ3n) is 17.7. The number of nitrogens with one attached hydrogen (secondary N) is 3. The summed E-state index contributed by atoms with van der Waals surface area (Å²) in [7, 11) is 1.25.